The van der Waals surface area contributed by atoms with Crippen molar-refractivity contribution in [2.75, 3.05) is 19.1 Å². The highest BCUT2D eigenvalue weighted by atomic mass is 35.5. The van der Waals surface area contributed by atoms with Crippen LogP contribution in [0.3, 0.4) is 0 Å². The third-order valence-corrected chi connectivity index (χ3v) is 10.4. The van der Waals surface area contributed by atoms with Crippen LogP contribution in [0.15, 0.2) is 29.8 Å². The fourth-order valence-electron chi connectivity index (χ4n) is 6.96. The molecule has 4 amide bonds. The number of ether oxygens (including phenoxy) is 1. The van der Waals surface area contributed by atoms with Gasteiger partial charge in [0.25, 0.3) is 11.8 Å². The highest BCUT2D eigenvalue weighted by Gasteiger charge is 2.77. The molecule has 4 aliphatic rings. The number of carbonyl (C=O) groups is 4. The first-order valence-electron chi connectivity index (χ1n) is 12.8. The minimum atomic E-state index is -2.72. The second-order valence-electron chi connectivity index (χ2n) is 10.9. The topological polar surface area (TPSA) is 104 Å². The molecule has 8 nitrogen and oxygen atoms in total. The molecule has 2 aliphatic carbocycles. The number of allylic oxidation sites excluding steroid dienone is 2. The van der Waals surface area contributed by atoms with Gasteiger partial charge in [-0.25, -0.2) is 26.9 Å². The van der Waals surface area contributed by atoms with Crippen LogP contribution in [0.1, 0.15) is 24.3 Å². The molecule has 0 spiro atoms. The van der Waals surface area contributed by atoms with Crippen LogP contribution >= 0.6 is 23.2 Å². The molecule has 226 valence electrons. The first kappa shape index (κ1) is 29.4. The number of alkyl halides is 2. The average molecular weight is 645 g/mol. The normalized spacial score (nSPS) is 31.7. The highest BCUT2D eigenvalue weighted by molar-refractivity contribution is 6.58. The first-order chi connectivity index (χ1) is 20.1. The zero-order chi connectivity index (χ0) is 31.5. The van der Waals surface area contributed by atoms with E-state index in [0.717, 1.165) is 11.0 Å². The summed E-state index contributed by atoms with van der Waals surface area (Å²) in [5.41, 5.74) is -1.76. The van der Waals surface area contributed by atoms with Gasteiger partial charge >= 0.3 is 0 Å². The van der Waals surface area contributed by atoms with Gasteiger partial charge in [0.05, 0.1) is 18.9 Å². The van der Waals surface area contributed by atoms with E-state index in [1.807, 2.05) is 0 Å². The van der Waals surface area contributed by atoms with Crippen molar-refractivity contribution in [3.8, 4) is 11.5 Å². The first-order valence-corrected chi connectivity index (χ1v) is 13.6. The van der Waals surface area contributed by atoms with E-state index in [-0.39, 0.29) is 28.2 Å². The number of likely N-dealkylation sites (tertiary alicyclic amines) is 1. The molecule has 15 heteroatoms. The Balaban J connectivity index is 1.62. The van der Waals surface area contributed by atoms with Gasteiger partial charge in [-0.2, -0.15) is 0 Å². The summed E-state index contributed by atoms with van der Waals surface area (Å²) in [5, 5.41) is 11.0. The van der Waals surface area contributed by atoms with E-state index < -0.39 is 104 Å². The summed E-state index contributed by atoms with van der Waals surface area (Å²) in [4.78, 5) is 49.5. The Hall–Kier alpha value is -3.71. The monoisotopic (exact) mass is 644 g/mol. The standard InChI is InChI=1S/C28H19Cl2F5N2O6/c1-36-23(39)12-6-5-10-13(15(12)24(36)40)8-27(29)25(41)37(22-20(34)18(32)17(31)19(33)21(22)35)26(42)28(27,30)16(10)11-4-3-9(43-2)7-14(11)38/h3-5,7,12-13,15-16,38H,6,8H2,1-2H3. The Morgan fingerprint density at radius 3 is 2.09 bits per heavy atom. The van der Waals surface area contributed by atoms with Crippen LogP contribution < -0.4 is 9.64 Å². The minimum absolute atomic E-state index is 0.00454. The van der Waals surface area contributed by atoms with Crippen LogP contribution in [0.25, 0.3) is 0 Å². The van der Waals surface area contributed by atoms with E-state index in [2.05, 4.69) is 0 Å². The molecule has 0 radical (unpaired) electrons. The van der Waals surface area contributed by atoms with Crippen molar-refractivity contribution in [3.05, 3.63) is 64.5 Å². The Labute approximate surface area is 249 Å². The van der Waals surface area contributed by atoms with Gasteiger partial charge in [-0.05, 0) is 24.8 Å². The number of nitrogens with zero attached hydrogens (tertiary/aromatic N) is 2. The number of fused-ring (bicyclic) bond motifs is 4. The summed E-state index contributed by atoms with van der Waals surface area (Å²) in [6, 6.07) is 3.83. The number of phenols is 1. The Bertz CT molecular complexity index is 1690. The predicted molar refractivity (Wildman–Crippen MR) is 139 cm³/mol. The van der Waals surface area contributed by atoms with Gasteiger partial charge in [0.1, 0.15) is 17.2 Å². The number of anilines is 1. The lowest BCUT2D eigenvalue weighted by Gasteiger charge is -2.50. The molecule has 2 aliphatic heterocycles. The quantitative estimate of drug-likeness (QED) is 0.134. The van der Waals surface area contributed by atoms with Crippen molar-refractivity contribution in [2.45, 2.75) is 28.5 Å². The molecule has 0 aromatic heterocycles. The van der Waals surface area contributed by atoms with E-state index in [4.69, 9.17) is 27.9 Å². The van der Waals surface area contributed by atoms with E-state index in [9.17, 15) is 46.2 Å². The molecule has 2 aromatic rings. The van der Waals surface area contributed by atoms with Gasteiger partial charge in [0.2, 0.25) is 17.6 Å². The van der Waals surface area contributed by atoms with Crippen molar-refractivity contribution in [1.82, 2.24) is 4.90 Å². The van der Waals surface area contributed by atoms with Crippen molar-refractivity contribution >= 4 is 52.5 Å². The van der Waals surface area contributed by atoms with Gasteiger partial charge in [-0.15, -0.1) is 23.2 Å². The van der Waals surface area contributed by atoms with E-state index in [1.165, 1.54) is 32.4 Å². The Morgan fingerprint density at radius 1 is 0.907 bits per heavy atom. The Kier molecular flexibility index (Phi) is 6.41. The molecule has 1 saturated carbocycles. The maximum Gasteiger partial charge on any atom is 0.258 e. The van der Waals surface area contributed by atoms with E-state index in [1.54, 1.807) is 0 Å². The number of halogens is 7. The van der Waals surface area contributed by atoms with E-state index in [0.29, 0.717) is 0 Å². The van der Waals surface area contributed by atoms with Crippen LogP contribution in [0.4, 0.5) is 27.6 Å². The number of aromatic hydroxyl groups is 1. The molecule has 0 bridgehead atoms. The highest BCUT2D eigenvalue weighted by Crippen LogP contribution is 2.66. The number of hydrogen-bond acceptors (Lipinski definition) is 6. The van der Waals surface area contributed by atoms with Gasteiger partial charge in [-0.3, -0.25) is 24.1 Å². The molecule has 43 heavy (non-hydrogen) atoms. The molecule has 2 aromatic carbocycles. The van der Waals surface area contributed by atoms with Gasteiger partial charge in [0, 0.05) is 24.6 Å². The lowest BCUT2D eigenvalue weighted by atomic mass is 9.56. The number of methoxy groups -OCH3 is 1. The lowest BCUT2D eigenvalue weighted by Crippen LogP contribution is -2.60. The minimum Gasteiger partial charge on any atom is -0.508 e. The number of phenolic OH excluding ortho intramolecular Hbond substituents is 1. The molecule has 6 atom stereocenters. The molecule has 2 saturated heterocycles. The molecular formula is C28H19Cl2F5N2O6. The molecule has 1 N–H and O–H groups in total. The predicted octanol–water partition coefficient (Wildman–Crippen LogP) is 4.29. The largest absolute Gasteiger partial charge is 0.508 e. The van der Waals surface area contributed by atoms with Crippen LogP contribution in [-0.4, -0.2) is 57.5 Å². The summed E-state index contributed by atoms with van der Waals surface area (Å²) in [6.45, 7) is 0. The van der Waals surface area contributed by atoms with Crippen molar-refractivity contribution in [3.63, 3.8) is 0 Å². The average Bonchev–Trinajstić information content (AvgIpc) is 3.29. The second-order valence-corrected chi connectivity index (χ2v) is 12.1. The molecule has 3 fully saturated rings. The summed E-state index contributed by atoms with van der Waals surface area (Å²) < 4.78 is 77.4. The van der Waals surface area contributed by atoms with Gasteiger partial charge in [0.15, 0.2) is 33.0 Å². The lowest BCUT2D eigenvalue weighted by molar-refractivity contribution is -0.138. The van der Waals surface area contributed by atoms with Gasteiger partial charge in [-0.1, -0.05) is 17.7 Å². The van der Waals surface area contributed by atoms with Crippen LogP contribution in [0, 0.1) is 46.8 Å². The molecule has 6 rings (SSSR count). The van der Waals surface area contributed by atoms with Gasteiger partial charge < -0.3 is 9.84 Å². The number of hydrogen-bond donors (Lipinski definition) is 1. The summed E-state index contributed by atoms with van der Waals surface area (Å²) >= 11 is 13.9. The van der Waals surface area contributed by atoms with Crippen LogP contribution in [0.5, 0.6) is 11.5 Å². The van der Waals surface area contributed by atoms with Crippen molar-refractivity contribution in [2.24, 2.45) is 17.8 Å². The Morgan fingerprint density at radius 2 is 1.51 bits per heavy atom. The SMILES string of the molecule is COc1ccc(C2C3=CCC4C(=O)N(C)C(=O)C4C3CC3(Cl)C(=O)N(c4c(F)c(F)c(F)c(F)c4F)C(=O)C23Cl)c(O)c1. The molecular weight excluding hydrogens is 626 g/mol. The number of carbonyl (C=O) groups excluding carboxylic acids is 4. The maximum atomic E-state index is 15.0. The zero-order valence-electron chi connectivity index (χ0n) is 22.1. The summed E-state index contributed by atoms with van der Waals surface area (Å²) in [6.07, 6.45) is 0.913. The van der Waals surface area contributed by atoms with Crippen molar-refractivity contribution in [1.29, 1.82) is 0 Å². The number of benzene rings is 2. The zero-order valence-corrected chi connectivity index (χ0v) is 23.6. The fourth-order valence-corrected chi connectivity index (χ4v) is 7.89. The summed E-state index contributed by atoms with van der Waals surface area (Å²) in [7, 11) is 2.58. The fraction of sp³-hybridized carbons (Fsp3) is 0.357. The van der Waals surface area contributed by atoms with E-state index >= 15 is 0 Å². The molecule has 6 unspecified atom stereocenters. The smallest absolute Gasteiger partial charge is 0.258 e. The summed E-state index contributed by atoms with van der Waals surface area (Å²) in [5.74, 6) is -21.6. The number of rotatable bonds is 3. The van der Waals surface area contributed by atoms with Crippen LogP contribution in [-0.2, 0) is 19.2 Å². The third-order valence-electron chi connectivity index (χ3n) is 8.99. The number of amides is 4. The maximum absolute atomic E-state index is 15.0. The third kappa shape index (κ3) is 3.48. The van der Waals surface area contributed by atoms with Crippen molar-refractivity contribution < 1.29 is 51.0 Å². The molecule has 2 heterocycles. The van der Waals surface area contributed by atoms with Crippen LogP contribution in [0.2, 0.25) is 0 Å². The second kappa shape index (κ2) is 9.39. The number of imide groups is 2.